The number of amides is 2. The maximum absolute atomic E-state index is 12.8. The van der Waals surface area contributed by atoms with Gasteiger partial charge in [0, 0.05) is 49.7 Å². The molecule has 2 N–H and O–H groups in total. The summed E-state index contributed by atoms with van der Waals surface area (Å²) in [4.78, 5) is 30.3. The number of para-hydroxylation sites is 1. The van der Waals surface area contributed by atoms with Crippen molar-refractivity contribution in [1.29, 1.82) is 0 Å². The molecule has 1 aromatic carbocycles. The Morgan fingerprint density at radius 1 is 1.29 bits per heavy atom. The molecule has 152 valence electrons. The van der Waals surface area contributed by atoms with E-state index in [9.17, 15) is 9.59 Å². The lowest BCUT2D eigenvalue weighted by atomic mass is 9.84. The number of rotatable bonds is 8. The van der Waals surface area contributed by atoms with E-state index in [4.69, 9.17) is 4.74 Å². The zero-order valence-corrected chi connectivity index (χ0v) is 16.9. The molecule has 3 rings (SSSR count). The van der Waals surface area contributed by atoms with E-state index >= 15 is 0 Å². The number of aromatic amines is 1. The quantitative estimate of drug-likeness (QED) is 0.685. The Labute approximate surface area is 166 Å². The fourth-order valence-electron chi connectivity index (χ4n) is 3.87. The van der Waals surface area contributed by atoms with Crippen molar-refractivity contribution >= 4 is 22.7 Å². The summed E-state index contributed by atoms with van der Waals surface area (Å²) >= 11 is 0. The van der Waals surface area contributed by atoms with Crippen molar-refractivity contribution in [1.82, 2.24) is 15.2 Å². The molecule has 1 aliphatic rings. The van der Waals surface area contributed by atoms with Gasteiger partial charge in [-0.2, -0.15) is 0 Å². The van der Waals surface area contributed by atoms with Gasteiger partial charge in [-0.25, -0.2) is 0 Å². The molecule has 1 aliphatic heterocycles. The van der Waals surface area contributed by atoms with E-state index in [-0.39, 0.29) is 17.7 Å². The first-order valence-corrected chi connectivity index (χ1v) is 10.3. The maximum Gasteiger partial charge on any atom is 0.270 e. The van der Waals surface area contributed by atoms with Gasteiger partial charge in [-0.05, 0) is 44.2 Å². The first-order valence-electron chi connectivity index (χ1n) is 10.3. The molecule has 0 radical (unpaired) electrons. The molecule has 6 nitrogen and oxygen atoms in total. The van der Waals surface area contributed by atoms with Gasteiger partial charge in [-0.1, -0.05) is 25.1 Å². The smallest absolute Gasteiger partial charge is 0.270 e. The van der Waals surface area contributed by atoms with Crippen molar-refractivity contribution in [3.63, 3.8) is 0 Å². The van der Waals surface area contributed by atoms with Crippen LogP contribution < -0.4 is 5.32 Å². The van der Waals surface area contributed by atoms with E-state index in [2.05, 4.69) is 10.3 Å². The summed E-state index contributed by atoms with van der Waals surface area (Å²) in [5, 5.41) is 4.06. The highest BCUT2D eigenvalue weighted by molar-refractivity contribution is 5.98. The summed E-state index contributed by atoms with van der Waals surface area (Å²) in [6.07, 6.45) is 2.56. The normalized spacial score (nSPS) is 16.3. The summed E-state index contributed by atoms with van der Waals surface area (Å²) in [5.41, 5.74) is 1.62. The molecule has 2 aromatic rings. The standard InChI is InChI=1S/C22H31N3O3/c1-3-28-14-6-11-23-21(26)16(2)17-9-12-25(13-10-17)22(27)20-15-18-7-4-5-8-19(18)24-20/h4-5,7-8,15-17,24H,3,6,9-14H2,1-2H3,(H,23,26)/t16-/m0/s1. The third-order valence-electron chi connectivity index (χ3n) is 5.68. The van der Waals surface area contributed by atoms with Crippen LogP contribution in [0.4, 0.5) is 0 Å². The molecule has 0 saturated carbocycles. The first-order chi connectivity index (χ1) is 13.6. The second-order valence-electron chi connectivity index (χ2n) is 7.53. The summed E-state index contributed by atoms with van der Waals surface area (Å²) in [7, 11) is 0. The number of aromatic nitrogens is 1. The minimum atomic E-state index is -0.0302. The van der Waals surface area contributed by atoms with Crippen molar-refractivity contribution < 1.29 is 14.3 Å². The monoisotopic (exact) mass is 385 g/mol. The van der Waals surface area contributed by atoms with E-state index < -0.39 is 0 Å². The number of fused-ring (bicyclic) bond motifs is 1. The number of hydrogen-bond acceptors (Lipinski definition) is 3. The van der Waals surface area contributed by atoms with Gasteiger partial charge in [-0.3, -0.25) is 9.59 Å². The van der Waals surface area contributed by atoms with Gasteiger partial charge in [0.25, 0.3) is 5.91 Å². The summed E-state index contributed by atoms with van der Waals surface area (Å²) in [6, 6.07) is 9.83. The molecule has 2 heterocycles. The lowest BCUT2D eigenvalue weighted by molar-refractivity contribution is -0.126. The Morgan fingerprint density at radius 3 is 2.75 bits per heavy atom. The van der Waals surface area contributed by atoms with Crippen LogP contribution in [-0.4, -0.2) is 54.5 Å². The SMILES string of the molecule is CCOCCCNC(=O)[C@@H](C)C1CCN(C(=O)c2cc3ccccc3[nH]2)CC1. The molecule has 1 saturated heterocycles. The minimum absolute atomic E-state index is 0.0302. The van der Waals surface area contributed by atoms with Crippen LogP contribution in [0.15, 0.2) is 30.3 Å². The molecular formula is C22H31N3O3. The molecule has 2 amide bonds. The molecule has 1 fully saturated rings. The molecular weight excluding hydrogens is 354 g/mol. The van der Waals surface area contributed by atoms with Crippen molar-refractivity contribution in [2.24, 2.45) is 11.8 Å². The molecule has 28 heavy (non-hydrogen) atoms. The molecule has 0 aliphatic carbocycles. The van der Waals surface area contributed by atoms with Crippen LogP contribution in [0.5, 0.6) is 0 Å². The number of ether oxygens (including phenoxy) is 1. The number of nitrogens with zero attached hydrogens (tertiary/aromatic N) is 1. The summed E-state index contributed by atoms with van der Waals surface area (Å²) in [6.45, 7) is 7.40. The fourth-order valence-corrected chi connectivity index (χ4v) is 3.87. The van der Waals surface area contributed by atoms with Gasteiger partial charge >= 0.3 is 0 Å². The number of carbonyl (C=O) groups is 2. The highest BCUT2D eigenvalue weighted by atomic mass is 16.5. The lowest BCUT2D eigenvalue weighted by Gasteiger charge is -2.34. The molecule has 0 unspecified atom stereocenters. The fraction of sp³-hybridized carbons (Fsp3) is 0.545. The number of nitrogens with one attached hydrogen (secondary N) is 2. The third-order valence-corrected chi connectivity index (χ3v) is 5.68. The molecule has 1 aromatic heterocycles. The van der Waals surface area contributed by atoms with E-state index in [0.29, 0.717) is 44.5 Å². The zero-order valence-electron chi connectivity index (χ0n) is 16.9. The minimum Gasteiger partial charge on any atom is -0.382 e. The van der Waals surface area contributed by atoms with Crippen LogP contribution in [-0.2, 0) is 9.53 Å². The second-order valence-corrected chi connectivity index (χ2v) is 7.53. The van der Waals surface area contributed by atoms with Gasteiger partial charge in [-0.15, -0.1) is 0 Å². The number of hydrogen-bond donors (Lipinski definition) is 2. The zero-order chi connectivity index (χ0) is 19.9. The summed E-state index contributed by atoms with van der Waals surface area (Å²) in [5.74, 6) is 0.440. The van der Waals surface area contributed by atoms with E-state index in [1.807, 2.05) is 49.1 Å². The van der Waals surface area contributed by atoms with Crippen molar-refractivity contribution in [2.45, 2.75) is 33.1 Å². The van der Waals surface area contributed by atoms with Crippen LogP contribution >= 0.6 is 0 Å². The van der Waals surface area contributed by atoms with E-state index in [0.717, 1.165) is 30.2 Å². The van der Waals surface area contributed by atoms with Gasteiger partial charge in [0.2, 0.25) is 5.91 Å². The number of H-pyrrole nitrogens is 1. The number of carbonyl (C=O) groups excluding carboxylic acids is 2. The Morgan fingerprint density at radius 2 is 2.04 bits per heavy atom. The Balaban J connectivity index is 1.46. The lowest BCUT2D eigenvalue weighted by Crippen LogP contribution is -2.43. The molecule has 0 bridgehead atoms. The van der Waals surface area contributed by atoms with Crippen LogP contribution in [0.3, 0.4) is 0 Å². The van der Waals surface area contributed by atoms with E-state index in [1.54, 1.807) is 0 Å². The van der Waals surface area contributed by atoms with E-state index in [1.165, 1.54) is 0 Å². The van der Waals surface area contributed by atoms with Crippen molar-refractivity contribution in [3.8, 4) is 0 Å². The van der Waals surface area contributed by atoms with Crippen LogP contribution in [0.25, 0.3) is 10.9 Å². The van der Waals surface area contributed by atoms with Crippen molar-refractivity contribution in [3.05, 3.63) is 36.0 Å². The Hall–Kier alpha value is -2.34. The number of likely N-dealkylation sites (tertiary alicyclic amines) is 1. The summed E-state index contributed by atoms with van der Waals surface area (Å²) < 4.78 is 5.29. The average Bonchev–Trinajstić information content (AvgIpc) is 3.17. The second kappa shape index (κ2) is 9.73. The highest BCUT2D eigenvalue weighted by Crippen LogP contribution is 2.26. The number of piperidine rings is 1. The maximum atomic E-state index is 12.8. The third kappa shape index (κ3) is 4.93. The average molecular weight is 386 g/mol. The van der Waals surface area contributed by atoms with Gasteiger partial charge in [0.1, 0.15) is 5.69 Å². The first kappa shape index (κ1) is 20.4. The Bertz CT molecular complexity index is 760. The van der Waals surface area contributed by atoms with Gasteiger partial charge in [0.05, 0.1) is 0 Å². The molecule has 1 atom stereocenters. The van der Waals surface area contributed by atoms with Crippen LogP contribution in [0.1, 0.15) is 43.6 Å². The predicted octanol–water partition coefficient (Wildman–Crippen LogP) is 3.20. The van der Waals surface area contributed by atoms with Gasteiger partial charge in [0.15, 0.2) is 0 Å². The molecule has 0 spiro atoms. The largest absolute Gasteiger partial charge is 0.382 e. The topological polar surface area (TPSA) is 74.4 Å². The predicted molar refractivity (Wildman–Crippen MR) is 110 cm³/mol. The highest BCUT2D eigenvalue weighted by Gasteiger charge is 2.30. The van der Waals surface area contributed by atoms with Crippen LogP contribution in [0.2, 0.25) is 0 Å². The molecule has 6 heteroatoms. The van der Waals surface area contributed by atoms with Crippen LogP contribution in [0, 0.1) is 11.8 Å². The Kier molecular flexibility index (Phi) is 7.09. The van der Waals surface area contributed by atoms with Crippen molar-refractivity contribution in [2.75, 3.05) is 32.8 Å². The van der Waals surface area contributed by atoms with Gasteiger partial charge < -0.3 is 19.9 Å². The number of benzene rings is 1.